The standard InChI is InChI=1S/C10H11N3O5S/c14-8-3-1-6(5-11-8)19(17,18)13-7-2-4-9(15)12-10(7)16/h1,3,5,7,13H,2,4H2,(H,11,14)(H,12,15,16). The number of aromatic nitrogens is 1. The average Bonchev–Trinajstić information content (AvgIpc) is 2.33. The summed E-state index contributed by atoms with van der Waals surface area (Å²) < 4.78 is 26.1. The smallest absolute Gasteiger partial charge is 0.247 e. The van der Waals surface area contributed by atoms with Gasteiger partial charge in [0, 0.05) is 18.7 Å². The second kappa shape index (κ2) is 4.94. The molecule has 1 aliphatic rings. The van der Waals surface area contributed by atoms with Crippen molar-refractivity contribution in [2.24, 2.45) is 0 Å². The van der Waals surface area contributed by atoms with Crippen molar-refractivity contribution >= 4 is 21.8 Å². The van der Waals surface area contributed by atoms with Crippen LogP contribution in [0.25, 0.3) is 0 Å². The van der Waals surface area contributed by atoms with E-state index < -0.39 is 33.4 Å². The number of carbonyl (C=O) groups excluding carboxylic acids is 2. The molecule has 2 heterocycles. The molecule has 19 heavy (non-hydrogen) atoms. The Balaban J connectivity index is 2.18. The number of nitrogens with one attached hydrogen (secondary N) is 3. The minimum atomic E-state index is -3.92. The Morgan fingerprint density at radius 1 is 1.21 bits per heavy atom. The van der Waals surface area contributed by atoms with Gasteiger partial charge in [0.05, 0.1) is 4.90 Å². The molecule has 1 aromatic rings. The van der Waals surface area contributed by atoms with Gasteiger partial charge < -0.3 is 4.98 Å². The first-order valence-corrected chi connectivity index (χ1v) is 6.91. The molecule has 1 aliphatic heterocycles. The van der Waals surface area contributed by atoms with Gasteiger partial charge in [0.25, 0.3) is 0 Å². The van der Waals surface area contributed by atoms with Crippen molar-refractivity contribution in [2.45, 2.75) is 23.8 Å². The van der Waals surface area contributed by atoms with Gasteiger partial charge in [0.15, 0.2) is 0 Å². The van der Waals surface area contributed by atoms with E-state index in [2.05, 4.69) is 9.71 Å². The first-order valence-electron chi connectivity index (χ1n) is 5.43. The maximum Gasteiger partial charge on any atom is 0.247 e. The van der Waals surface area contributed by atoms with E-state index in [1.54, 1.807) is 0 Å². The van der Waals surface area contributed by atoms with Crippen LogP contribution in [0.15, 0.2) is 28.0 Å². The molecule has 1 atom stereocenters. The van der Waals surface area contributed by atoms with Crippen molar-refractivity contribution in [1.82, 2.24) is 15.0 Å². The van der Waals surface area contributed by atoms with Crippen molar-refractivity contribution in [3.63, 3.8) is 0 Å². The van der Waals surface area contributed by atoms with Crippen molar-refractivity contribution in [2.75, 3.05) is 0 Å². The lowest BCUT2D eigenvalue weighted by Gasteiger charge is -2.21. The minimum Gasteiger partial charge on any atom is -0.328 e. The summed E-state index contributed by atoms with van der Waals surface area (Å²) in [7, 11) is -3.92. The van der Waals surface area contributed by atoms with Gasteiger partial charge in [-0.2, -0.15) is 4.72 Å². The molecule has 3 N–H and O–H groups in total. The van der Waals surface area contributed by atoms with Crippen molar-refractivity contribution < 1.29 is 18.0 Å². The molecule has 2 amide bonds. The van der Waals surface area contributed by atoms with Gasteiger partial charge in [0.2, 0.25) is 27.4 Å². The van der Waals surface area contributed by atoms with Gasteiger partial charge >= 0.3 is 0 Å². The zero-order chi connectivity index (χ0) is 14.0. The average molecular weight is 285 g/mol. The number of pyridine rings is 1. The van der Waals surface area contributed by atoms with E-state index in [-0.39, 0.29) is 17.7 Å². The molecule has 0 spiro atoms. The summed E-state index contributed by atoms with van der Waals surface area (Å²) in [6.45, 7) is 0. The van der Waals surface area contributed by atoms with Gasteiger partial charge in [-0.05, 0) is 12.5 Å². The fraction of sp³-hybridized carbons (Fsp3) is 0.300. The van der Waals surface area contributed by atoms with Crippen molar-refractivity contribution in [3.8, 4) is 0 Å². The first-order chi connectivity index (χ1) is 8.88. The monoisotopic (exact) mass is 285 g/mol. The number of rotatable bonds is 3. The molecule has 8 nitrogen and oxygen atoms in total. The maximum absolute atomic E-state index is 11.9. The van der Waals surface area contributed by atoms with Crippen LogP contribution in [-0.2, 0) is 19.6 Å². The number of amides is 2. The zero-order valence-corrected chi connectivity index (χ0v) is 10.5. The molecular formula is C10H11N3O5S. The lowest BCUT2D eigenvalue weighted by Crippen LogP contribution is -2.52. The second-order valence-corrected chi connectivity index (χ2v) is 5.73. The zero-order valence-electron chi connectivity index (χ0n) is 9.67. The van der Waals surface area contributed by atoms with Crippen molar-refractivity contribution in [3.05, 3.63) is 28.7 Å². The van der Waals surface area contributed by atoms with Gasteiger partial charge in [-0.25, -0.2) is 8.42 Å². The van der Waals surface area contributed by atoms with Gasteiger partial charge in [-0.15, -0.1) is 0 Å². The number of piperidine rings is 1. The Morgan fingerprint density at radius 3 is 2.53 bits per heavy atom. The lowest BCUT2D eigenvalue weighted by atomic mass is 10.1. The molecule has 0 radical (unpaired) electrons. The van der Waals surface area contributed by atoms with Gasteiger partial charge in [-0.3, -0.25) is 19.7 Å². The largest absolute Gasteiger partial charge is 0.328 e. The summed E-state index contributed by atoms with van der Waals surface area (Å²) in [4.78, 5) is 35.3. The van der Waals surface area contributed by atoms with Gasteiger partial charge in [0.1, 0.15) is 6.04 Å². The Labute approximate surface area is 108 Å². The van der Waals surface area contributed by atoms with Crippen LogP contribution in [-0.4, -0.2) is 31.3 Å². The van der Waals surface area contributed by atoms with Crippen LogP contribution < -0.4 is 15.6 Å². The molecule has 0 aromatic carbocycles. The highest BCUT2D eigenvalue weighted by molar-refractivity contribution is 7.89. The van der Waals surface area contributed by atoms with Gasteiger partial charge in [-0.1, -0.05) is 0 Å². The summed E-state index contributed by atoms with van der Waals surface area (Å²) in [5, 5.41) is 2.05. The molecular weight excluding hydrogens is 274 g/mol. The Morgan fingerprint density at radius 2 is 1.95 bits per heavy atom. The van der Waals surface area contributed by atoms with E-state index in [9.17, 15) is 22.8 Å². The van der Waals surface area contributed by atoms with Crippen molar-refractivity contribution in [1.29, 1.82) is 0 Å². The molecule has 1 unspecified atom stereocenters. The third-order valence-electron chi connectivity index (χ3n) is 2.60. The Bertz CT molecular complexity index is 658. The normalized spacial score (nSPS) is 20.1. The highest BCUT2D eigenvalue weighted by Crippen LogP contribution is 2.10. The molecule has 2 rings (SSSR count). The molecule has 1 aromatic heterocycles. The number of imide groups is 1. The summed E-state index contributed by atoms with van der Waals surface area (Å²) >= 11 is 0. The van der Waals surface area contributed by atoms with E-state index >= 15 is 0 Å². The SMILES string of the molecule is O=C1CCC(NS(=O)(=O)c2ccc(=O)[nH]c2)C(=O)N1. The molecule has 1 fully saturated rings. The summed E-state index contributed by atoms with van der Waals surface area (Å²) in [5.74, 6) is -1.10. The van der Waals surface area contributed by atoms with E-state index in [0.717, 1.165) is 18.3 Å². The number of carbonyl (C=O) groups is 2. The maximum atomic E-state index is 11.9. The molecule has 1 saturated heterocycles. The highest BCUT2D eigenvalue weighted by atomic mass is 32.2. The van der Waals surface area contributed by atoms with E-state index in [0.29, 0.717) is 0 Å². The number of hydrogen-bond donors (Lipinski definition) is 3. The number of hydrogen-bond acceptors (Lipinski definition) is 5. The third-order valence-corrected chi connectivity index (χ3v) is 4.07. The predicted molar refractivity (Wildman–Crippen MR) is 63.6 cm³/mol. The van der Waals surface area contributed by atoms with E-state index in [1.165, 1.54) is 0 Å². The summed E-state index contributed by atoms with van der Waals surface area (Å²) in [6.07, 6.45) is 1.22. The number of H-pyrrole nitrogens is 1. The molecule has 0 saturated carbocycles. The molecule has 9 heteroatoms. The van der Waals surface area contributed by atoms with Crippen LogP contribution in [0.4, 0.5) is 0 Å². The first kappa shape index (κ1) is 13.4. The van der Waals surface area contributed by atoms with E-state index in [4.69, 9.17) is 0 Å². The van der Waals surface area contributed by atoms with Crippen LogP contribution in [0, 0.1) is 0 Å². The molecule has 0 aliphatic carbocycles. The molecule has 0 bridgehead atoms. The second-order valence-electron chi connectivity index (χ2n) is 4.01. The topological polar surface area (TPSA) is 125 Å². The highest BCUT2D eigenvalue weighted by Gasteiger charge is 2.30. The fourth-order valence-corrected chi connectivity index (χ4v) is 2.82. The van der Waals surface area contributed by atoms with Crippen LogP contribution in [0.5, 0.6) is 0 Å². The lowest BCUT2D eigenvalue weighted by molar-refractivity contribution is -0.134. The van der Waals surface area contributed by atoms with Crippen LogP contribution >= 0.6 is 0 Å². The summed E-state index contributed by atoms with van der Waals surface area (Å²) in [6, 6.07) is 1.21. The summed E-state index contributed by atoms with van der Waals surface area (Å²) in [5.41, 5.74) is -0.431. The molecule has 102 valence electrons. The van der Waals surface area contributed by atoms with Crippen LogP contribution in [0.3, 0.4) is 0 Å². The number of sulfonamides is 1. The van der Waals surface area contributed by atoms with Crippen LogP contribution in [0.1, 0.15) is 12.8 Å². The quantitative estimate of drug-likeness (QED) is 0.580. The fourth-order valence-electron chi connectivity index (χ4n) is 1.62. The van der Waals surface area contributed by atoms with E-state index in [1.807, 2.05) is 5.32 Å². The minimum absolute atomic E-state index is 0.0740. The van der Waals surface area contributed by atoms with Crippen LogP contribution in [0.2, 0.25) is 0 Å². The number of aromatic amines is 1. The Kier molecular flexibility index (Phi) is 3.49. The predicted octanol–water partition coefficient (Wildman–Crippen LogP) is -1.54. The third kappa shape index (κ3) is 3.06. The Hall–Kier alpha value is -2.00.